The second-order valence-electron chi connectivity index (χ2n) is 7.84. The maximum Gasteiger partial charge on any atom is 0.431 e. The largest absolute Gasteiger partial charge is 0.492 e. The van der Waals surface area contributed by atoms with Crippen LogP contribution in [-0.4, -0.2) is 53.3 Å². The van der Waals surface area contributed by atoms with Crippen LogP contribution in [0.1, 0.15) is 11.3 Å². The molecule has 2 aliphatic heterocycles. The van der Waals surface area contributed by atoms with Crippen molar-refractivity contribution in [2.24, 2.45) is 0 Å². The molecule has 0 bridgehead atoms. The third kappa shape index (κ3) is 3.62. The van der Waals surface area contributed by atoms with Crippen LogP contribution in [-0.2, 0) is 17.3 Å². The van der Waals surface area contributed by atoms with Crippen LogP contribution < -0.4 is 15.0 Å². The highest BCUT2D eigenvalue weighted by atomic mass is 19.4. The summed E-state index contributed by atoms with van der Waals surface area (Å²) in [5.41, 5.74) is 6.79. The average Bonchev–Trinajstić information content (AvgIpc) is 3.16. The van der Waals surface area contributed by atoms with Crippen molar-refractivity contribution in [3.8, 4) is 11.4 Å². The Hall–Kier alpha value is -2.99. The zero-order valence-corrected chi connectivity index (χ0v) is 16.6. The normalized spacial score (nSPS) is 19.8. The number of nitrogens with one attached hydrogen (secondary N) is 1. The van der Waals surface area contributed by atoms with E-state index in [4.69, 9.17) is 10.5 Å². The number of hydrogen-bond donors (Lipinski definition) is 2. The molecule has 0 amide bonds. The Balaban J connectivity index is 1.45. The van der Waals surface area contributed by atoms with Crippen LogP contribution >= 0.6 is 0 Å². The quantitative estimate of drug-likeness (QED) is 0.466. The van der Waals surface area contributed by atoms with E-state index < -0.39 is 24.6 Å². The molecule has 1 aromatic carbocycles. The lowest BCUT2D eigenvalue weighted by molar-refractivity contribution is -0.582. The van der Waals surface area contributed by atoms with Gasteiger partial charge in [0, 0.05) is 24.7 Å². The Morgan fingerprint density at radius 1 is 1.28 bits per heavy atom. The van der Waals surface area contributed by atoms with Gasteiger partial charge in [-0.25, -0.2) is 4.57 Å². The number of aromatic nitrogens is 3. The van der Waals surface area contributed by atoms with Crippen molar-refractivity contribution in [1.29, 1.82) is 0 Å². The molecule has 2 aromatic heterocycles. The number of benzene rings is 1. The molecule has 0 aliphatic carbocycles. The lowest BCUT2D eigenvalue weighted by atomic mass is 9.96. The molecule has 0 radical (unpaired) electrons. The van der Waals surface area contributed by atoms with Gasteiger partial charge in [0.2, 0.25) is 17.8 Å². The van der Waals surface area contributed by atoms with E-state index in [0.29, 0.717) is 37.6 Å². The molecule has 7 nitrogen and oxygen atoms in total. The second kappa shape index (κ2) is 7.55. The van der Waals surface area contributed by atoms with Gasteiger partial charge < -0.3 is 20.2 Å². The molecule has 3 N–H and O–H groups in total. The Morgan fingerprint density at radius 2 is 2.06 bits per heavy atom. The first kappa shape index (κ1) is 20.9. The Kier molecular flexibility index (Phi) is 4.93. The molecule has 3 aromatic rings. The summed E-state index contributed by atoms with van der Waals surface area (Å²) in [6.07, 6.45) is -3.14. The van der Waals surface area contributed by atoms with Gasteiger partial charge in [-0.1, -0.05) is 11.1 Å². The van der Waals surface area contributed by atoms with Crippen molar-refractivity contribution in [2.75, 3.05) is 25.4 Å². The zero-order chi connectivity index (χ0) is 22.6. The lowest BCUT2D eigenvalue weighted by Crippen LogP contribution is -2.59. The van der Waals surface area contributed by atoms with Crippen molar-refractivity contribution in [2.45, 2.75) is 31.4 Å². The molecule has 0 spiro atoms. The van der Waals surface area contributed by atoms with Gasteiger partial charge in [0.1, 0.15) is 29.1 Å². The predicted molar refractivity (Wildman–Crippen MR) is 102 cm³/mol. The van der Waals surface area contributed by atoms with Gasteiger partial charge >= 0.3 is 12.8 Å². The fourth-order valence-electron chi connectivity index (χ4n) is 4.23. The first-order valence-electron chi connectivity index (χ1n) is 9.89. The fourth-order valence-corrected chi connectivity index (χ4v) is 4.23. The third-order valence-electron chi connectivity index (χ3n) is 5.87. The van der Waals surface area contributed by atoms with E-state index in [1.807, 2.05) is 4.90 Å². The molecule has 4 heterocycles. The number of fused-ring (bicyclic) bond motifs is 2. The number of likely N-dealkylation sites (tertiary alicyclic amines) is 1. The molecule has 170 valence electrons. The minimum Gasteiger partial charge on any atom is -0.492 e. The molecule has 32 heavy (non-hydrogen) atoms. The number of nitrogens with two attached hydrogens (primary N) is 1. The van der Waals surface area contributed by atoms with E-state index in [2.05, 4.69) is 14.7 Å². The maximum absolute atomic E-state index is 13.1. The van der Waals surface area contributed by atoms with Crippen LogP contribution in [0.3, 0.4) is 0 Å². The number of ether oxygens (including phenoxy) is 2. The van der Waals surface area contributed by atoms with Crippen LogP contribution in [0.25, 0.3) is 16.7 Å². The molecule has 0 saturated carbocycles. The van der Waals surface area contributed by atoms with Gasteiger partial charge in [-0.2, -0.15) is 22.0 Å². The standard InChI is InChI=1S/C20H18F5N5O2/c21-19(22)32-11-6-29(7-11)10-4-12-14(2-1-3-15(12)31-8-10)30-9-27-18-13(17(30)26)5-16(28-18)20(23,24)25/h1-3,5,9-11,19H,4,6-8H2,(H2,26,28)/p+1/t10-/m1/s1. The van der Waals surface area contributed by atoms with Gasteiger partial charge in [-0.3, -0.25) is 4.90 Å². The molecule has 0 unspecified atom stereocenters. The summed E-state index contributed by atoms with van der Waals surface area (Å²) in [6, 6.07) is 6.23. The maximum atomic E-state index is 13.1. The van der Waals surface area contributed by atoms with E-state index in [1.165, 1.54) is 10.9 Å². The summed E-state index contributed by atoms with van der Waals surface area (Å²) in [5.74, 6) is 0.739. The van der Waals surface area contributed by atoms with Crippen molar-refractivity contribution >= 4 is 16.9 Å². The van der Waals surface area contributed by atoms with Gasteiger partial charge in [0.05, 0.1) is 6.10 Å². The lowest BCUT2D eigenvalue weighted by Gasteiger charge is -2.45. The van der Waals surface area contributed by atoms with E-state index >= 15 is 0 Å². The summed E-state index contributed by atoms with van der Waals surface area (Å²) in [7, 11) is 0. The topological polar surface area (TPSA) is 80.3 Å². The van der Waals surface area contributed by atoms with Crippen molar-refractivity contribution in [3.63, 3.8) is 0 Å². The number of alkyl halides is 5. The molecule has 1 atom stereocenters. The van der Waals surface area contributed by atoms with Gasteiger partial charge in [-0.15, -0.1) is 0 Å². The molecule has 2 aliphatic rings. The van der Waals surface area contributed by atoms with Crippen LogP contribution in [0.4, 0.5) is 27.8 Å². The minimum absolute atomic E-state index is 0.0376. The highest BCUT2D eigenvalue weighted by Crippen LogP contribution is 2.34. The fraction of sp³-hybridized carbons (Fsp3) is 0.400. The first-order valence-corrected chi connectivity index (χ1v) is 9.89. The van der Waals surface area contributed by atoms with E-state index in [0.717, 1.165) is 11.6 Å². The van der Waals surface area contributed by atoms with Crippen LogP contribution in [0, 0.1) is 0 Å². The molecule has 1 saturated heterocycles. The summed E-state index contributed by atoms with van der Waals surface area (Å²) >= 11 is 0. The van der Waals surface area contributed by atoms with E-state index in [9.17, 15) is 22.0 Å². The highest BCUT2D eigenvalue weighted by molar-refractivity contribution is 5.85. The SMILES string of the molecule is Nc1c2cc(C(F)(F)F)[nH]c2nc[n+]1-c1cccc2c1C[C@@H](N1CC(OC(F)F)C1)CO2. The van der Waals surface area contributed by atoms with Crippen LogP contribution in [0.5, 0.6) is 5.75 Å². The number of nitrogen functional groups attached to an aromatic ring is 1. The molecule has 5 rings (SSSR count). The van der Waals surface area contributed by atoms with Crippen molar-refractivity contribution < 1.29 is 36.0 Å². The predicted octanol–water partition coefficient (Wildman–Crippen LogP) is 2.67. The molecular weight excluding hydrogens is 437 g/mol. The number of hydrogen-bond acceptors (Lipinski definition) is 5. The molecule has 1 fully saturated rings. The third-order valence-corrected chi connectivity index (χ3v) is 5.87. The summed E-state index contributed by atoms with van der Waals surface area (Å²) in [4.78, 5) is 8.36. The first-order chi connectivity index (χ1) is 15.2. The van der Waals surface area contributed by atoms with Crippen molar-refractivity contribution in [1.82, 2.24) is 14.9 Å². The Morgan fingerprint density at radius 3 is 2.78 bits per heavy atom. The monoisotopic (exact) mass is 456 g/mol. The number of nitrogens with zero attached hydrogens (tertiary/aromatic N) is 3. The Labute approximate surface area is 178 Å². The average molecular weight is 456 g/mol. The van der Waals surface area contributed by atoms with Gasteiger partial charge in [-0.05, 0) is 24.6 Å². The number of H-pyrrole nitrogens is 1. The summed E-state index contributed by atoms with van der Waals surface area (Å²) in [5, 5.41) is 0.153. The number of anilines is 1. The number of halogens is 5. The Bertz CT molecular complexity index is 1160. The van der Waals surface area contributed by atoms with Crippen LogP contribution in [0.2, 0.25) is 0 Å². The summed E-state index contributed by atoms with van der Waals surface area (Å²) in [6.45, 7) is -1.66. The molecule has 12 heteroatoms. The smallest absolute Gasteiger partial charge is 0.431 e. The zero-order valence-electron chi connectivity index (χ0n) is 16.6. The van der Waals surface area contributed by atoms with E-state index in [1.54, 1.807) is 18.2 Å². The number of rotatable bonds is 4. The number of aromatic amines is 1. The van der Waals surface area contributed by atoms with Gasteiger partial charge in [0.25, 0.3) is 0 Å². The minimum atomic E-state index is -4.55. The summed E-state index contributed by atoms with van der Waals surface area (Å²) < 4.78 is 75.9. The molecular formula is C20H19F5N5O2+. The van der Waals surface area contributed by atoms with Gasteiger partial charge in [0.15, 0.2) is 0 Å². The van der Waals surface area contributed by atoms with Crippen molar-refractivity contribution in [3.05, 3.63) is 41.9 Å². The highest BCUT2D eigenvalue weighted by Gasteiger charge is 2.38. The van der Waals surface area contributed by atoms with Crippen LogP contribution in [0.15, 0.2) is 30.6 Å². The van der Waals surface area contributed by atoms with E-state index in [-0.39, 0.29) is 22.9 Å². The second-order valence-corrected chi connectivity index (χ2v) is 7.84.